The molecule has 0 unspecified atom stereocenters. The van der Waals surface area contributed by atoms with Crippen LogP contribution in [0.2, 0.25) is 0 Å². The summed E-state index contributed by atoms with van der Waals surface area (Å²) in [5.74, 6) is 1.15. The van der Waals surface area contributed by atoms with E-state index in [1.165, 1.54) is 38.5 Å². The van der Waals surface area contributed by atoms with Crippen LogP contribution in [0.25, 0.3) is 39.3 Å². The smallest absolute Gasteiger partial charge is 0.241 e. The van der Waals surface area contributed by atoms with E-state index in [0.29, 0.717) is 0 Å². The van der Waals surface area contributed by atoms with Gasteiger partial charge in [-0.05, 0) is 41.5 Å². The zero-order valence-electron chi connectivity index (χ0n) is 14.3. The van der Waals surface area contributed by atoms with Crippen molar-refractivity contribution >= 4 is 34.2 Å². The van der Waals surface area contributed by atoms with Crippen LogP contribution in [0.3, 0.4) is 0 Å². The lowest BCUT2D eigenvalue weighted by Gasteiger charge is -2.09. The first kappa shape index (κ1) is 14.2. The molecule has 1 aromatic heterocycles. The van der Waals surface area contributed by atoms with Crippen molar-refractivity contribution in [3.8, 4) is 11.4 Å². The van der Waals surface area contributed by atoms with Crippen LogP contribution in [0.5, 0.6) is 0 Å². The van der Waals surface area contributed by atoms with Gasteiger partial charge in [-0.15, -0.1) is 4.99 Å². The van der Waals surface area contributed by atoms with Crippen molar-refractivity contribution < 1.29 is 4.57 Å². The Bertz CT molecular complexity index is 1210. The summed E-state index contributed by atoms with van der Waals surface area (Å²) >= 11 is 0. The number of rotatable bonds is 1. The van der Waals surface area contributed by atoms with Crippen LogP contribution in [-0.2, 0) is 7.05 Å². The average Bonchev–Trinajstić information content (AvgIpc) is 2.79. The van der Waals surface area contributed by atoms with Crippen molar-refractivity contribution in [2.24, 2.45) is 12.0 Å². The van der Waals surface area contributed by atoms with Crippen LogP contribution in [-0.4, -0.2) is 10.9 Å². The van der Waals surface area contributed by atoms with E-state index >= 15 is 0 Å². The summed E-state index contributed by atoms with van der Waals surface area (Å²) in [6.07, 6.45) is 5.84. The highest BCUT2D eigenvalue weighted by Crippen LogP contribution is 2.31. The summed E-state index contributed by atoms with van der Waals surface area (Å²) < 4.78 is 4.48. The van der Waals surface area contributed by atoms with Gasteiger partial charge in [0, 0.05) is 5.56 Å². The van der Waals surface area contributed by atoms with Crippen LogP contribution in [0.1, 0.15) is 11.1 Å². The van der Waals surface area contributed by atoms with Gasteiger partial charge in [0.15, 0.2) is 5.52 Å². The Kier molecular flexibility index (Phi) is 2.92. The van der Waals surface area contributed by atoms with E-state index in [0.717, 1.165) is 5.82 Å². The van der Waals surface area contributed by atoms with Crippen molar-refractivity contribution in [1.29, 1.82) is 0 Å². The molecule has 0 spiro atoms. The minimum Gasteiger partial charge on any atom is -0.258 e. The van der Waals surface area contributed by atoms with E-state index in [2.05, 4.69) is 88.8 Å². The molecule has 2 heterocycles. The Morgan fingerprint density at radius 2 is 1.84 bits per heavy atom. The fourth-order valence-electron chi connectivity index (χ4n) is 3.92. The van der Waals surface area contributed by atoms with Crippen LogP contribution >= 0.6 is 0 Å². The number of aliphatic imine (C=N–C) groups is 1. The van der Waals surface area contributed by atoms with Gasteiger partial charge in [0.2, 0.25) is 12.2 Å². The maximum absolute atomic E-state index is 4.45. The highest BCUT2D eigenvalue weighted by Gasteiger charge is 2.25. The SMILES string of the molecule is Cc1c(-c2n(C)c3cccc4c3[n+]2C=NC=C4)ccc2ccccc12. The summed E-state index contributed by atoms with van der Waals surface area (Å²) in [7, 11) is 2.13. The fraction of sp³-hybridized carbons (Fsp3) is 0.0909. The molecule has 5 rings (SSSR count). The normalized spacial score (nSPS) is 12.9. The highest BCUT2D eigenvalue weighted by molar-refractivity contribution is 5.92. The Morgan fingerprint density at radius 3 is 2.76 bits per heavy atom. The summed E-state index contributed by atoms with van der Waals surface area (Å²) in [4.78, 5) is 4.45. The Labute approximate surface area is 146 Å². The number of benzene rings is 3. The minimum atomic E-state index is 1.15. The van der Waals surface area contributed by atoms with Crippen LogP contribution in [0.4, 0.5) is 0 Å². The molecule has 0 saturated carbocycles. The van der Waals surface area contributed by atoms with E-state index in [-0.39, 0.29) is 0 Å². The van der Waals surface area contributed by atoms with Gasteiger partial charge < -0.3 is 0 Å². The maximum Gasteiger partial charge on any atom is 0.241 e. The standard InChI is InChI=1S/C22H18N3/c1-15-18-8-4-3-6-16(18)10-11-19(15)22-24(2)20-9-5-7-17-12-13-23-14-25(22)21(17)20/h3-14H,1-2H3/q+1. The van der Waals surface area contributed by atoms with Gasteiger partial charge in [0.05, 0.1) is 12.6 Å². The molecular weight excluding hydrogens is 306 g/mol. The van der Waals surface area contributed by atoms with Crippen molar-refractivity contribution in [2.45, 2.75) is 6.92 Å². The number of aryl methyl sites for hydroxylation is 2. The molecule has 4 aromatic rings. The summed E-state index contributed by atoms with van der Waals surface area (Å²) in [5.41, 5.74) is 6.12. The first-order valence-corrected chi connectivity index (χ1v) is 8.47. The molecule has 0 radical (unpaired) electrons. The van der Waals surface area contributed by atoms with Crippen molar-refractivity contribution in [3.63, 3.8) is 0 Å². The number of fused-ring (bicyclic) bond motifs is 1. The first-order chi connectivity index (χ1) is 12.3. The Morgan fingerprint density at radius 1 is 0.960 bits per heavy atom. The summed E-state index contributed by atoms with van der Waals surface area (Å²) in [6.45, 7) is 2.20. The molecule has 0 atom stereocenters. The van der Waals surface area contributed by atoms with E-state index in [9.17, 15) is 0 Å². The quantitative estimate of drug-likeness (QED) is 0.461. The van der Waals surface area contributed by atoms with E-state index < -0.39 is 0 Å². The molecule has 0 N–H and O–H groups in total. The number of nitrogens with zero attached hydrogens (tertiary/aromatic N) is 3. The van der Waals surface area contributed by atoms with Crippen LogP contribution in [0.15, 0.2) is 65.8 Å². The predicted octanol–water partition coefficient (Wildman–Crippen LogP) is 4.46. The van der Waals surface area contributed by atoms with E-state index in [4.69, 9.17) is 0 Å². The first-order valence-electron chi connectivity index (χ1n) is 8.47. The molecule has 0 bridgehead atoms. The third kappa shape index (κ3) is 1.92. The molecule has 3 nitrogen and oxygen atoms in total. The largest absolute Gasteiger partial charge is 0.258 e. The molecule has 120 valence electrons. The molecule has 1 aliphatic heterocycles. The Hall–Kier alpha value is -3.20. The van der Waals surface area contributed by atoms with E-state index in [1.54, 1.807) is 0 Å². The zero-order chi connectivity index (χ0) is 17.0. The molecule has 3 heteroatoms. The minimum absolute atomic E-state index is 1.15. The third-order valence-corrected chi connectivity index (χ3v) is 5.16. The second-order valence-electron chi connectivity index (χ2n) is 6.51. The van der Waals surface area contributed by atoms with Gasteiger partial charge in [-0.2, -0.15) is 4.57 Å². The number of hydrogen-bond donors (Lipinski definition) is 0. The zero-order valence-corrected chi connectivity index (χ0v) is 14.3. The topological polar surface area (TPSA) is 21.2 Å². The number of imidazole rings is 1. The van der Waals surface area contributed by atoms with Crippen LogP contribution in [0, 0.1) is 6.92 Å². The van der Waals surface area contributed by atoms with Crippen molar-refractivity contribution in [1.82, 2.24) is 4.57 Å². The Balaban J connectivity index is 1.93. The lowest BCUT2D eigenvalue weighted by molar-refractivity contribution is -0.504. The van der Waals surface area contributed by atoms with E-state index in [1.807, 2.05) is 12.5 Å². The van der Waals surface area contributed by atoms with Gasteiger partial charge in [-0.25, -0.2) is 0 Å². The summed E-state index contributed by atoms with van der Waals surface area (Å²) in [5, 5.41) is 2.57. The molecule has 25 heavy (non-hydrogen) atoms. The number of para-hydroxylation sites is 1. The molecule has 0 amide bonds. The molecule has 0 fully saturated rings. The molecular formula is C22H18N3+. The molecule has 0 aliphatic carbocycles. The lowest BCUT2D eigenvalue weighted by atomic mass is 9.99. The lowest BCUT2D eigenvalue weighted by Crippen LogP contribution is -2.35. The van der Waals surface area contributed by atoms with Gasteiger partial charge in [0.25, 0.3) is 0 Å². The highest BCUT2D eigenvalue weighted by atomic mass is 15.2. The third-order valence-electron chi connectivity index (χ3n) is 5.16. The van der Waals surface area contributed by atoms with Gasteiger partial charge in [-0.1, -0.05) is 42.5 Å². The second-order valence-corrected chi connectivity index (χ2v) is 6.51. The fourth-order valence-corrected chi connectivity index (χ4v) is 3.92. The number of aromatic nitrogens is 2. The number of hydrogen-bond acceptors (Lipinski definition) is 1. The van der Waals surface area contributed by atoms with Crippen molar-refractivity contribution in [3.05, 3.63) is 71.9 Å². The van der Waals surface area contributed by atoms with Gasteiger partial charge in [-0.3, -0.25) is 4.57 Å². The van der Waals surface area contributed by atoms with Crippen LogP contribution < -0.4 is 4.57 Å². The van der Waals surface area contributed by atoms with Gasteiger partial charge in [0.1, 0.15) is 11.7 Å². The van der Waals surface area contributed by atoms with Gasteiger partial charge >= 0.3 is 0 Å². The second kappa shape index (κ2) is 5.15. The predicted molar refractivity (Wildman–Crippen MR) is 104 cm³/mol. The molecule has 3 aromatic carbocycles. The average molecular weight is 324 g/mol. The monoisotopic (exact) mass is 324 g/mol. The molecule has 1 aliphatic rings. The maximum atomic E-state index is 4.45. The summed E-state index contributed by atoms with van der Waals surface area (Å²) in [6, 6.07) is 19.4. The molecule has 0 saturated heterocycles. The van der Waals surface area contributed by atoms with Crippen molar-refractivity contribution in [2.75, 3.05) is 0 Å².